The summed E-state index contributed by atoms with van der Waals surface area (Å²) in [4.78, 5) is 22.7. The molecule has 6 nitrogen and oxygen atoms in total. The van der Waals surface area contributed by atoms with Crippen LogP contribution in [-0.4, -0.2) is 15.9 Å². The van der Waals surface area contributed by atoms with E-state index in [1.165, 1.54) is 24.3 Å². The van der Waals surface area contributed by atoms with Crippen molar-refractivity contribution in [2.45, 2.75) is 6.04 Å². The van der Waals surface area contributed by atoms with E-state index < -0.39 is 11.9 Å². The number of nitrogens with one attached hydrogen (secondary N) is 2. The van der Waals surface area contributed by atoms with E-state index in [0.717, 1.165) is 0 Å². The lowest BCUT2D eigenvalue weighted by molar-refractivity contribution is -0.623. The van der Waals surface area contributed by atoms with Crippen molar-refractivity contribution in [1.82, 2.24) is 11.0 Å². The van der Waals surface area contributed by atoms with Crippen molar-refractivity contribution >= 4 is 5.91 Å². The fourth-order valence-electron chi connectivity index (χ4n) is 1.29. The molecule has 0 aliphatic carbocycles. The first kappa shape index (κ1) is 8.49. The second kappa shape index (κ2) is 2.99. The smallest absolute Gasteiger partial charge is 0.339 e. The maximum Gasteiger partial charge on any atom is 0.339 e. The Kier molecular flexibility index (Phi) is 1.81. The van der Waals surface area contributed by atoms with Crippen LogP contribution in [0, 0.1) is 4.91 Å². The number of phenolic OH excluding ortho intramolecular Hbond substituents is 1. The molecule has 0 radical (unpaired) electrons. The summed E-state index contributed by atoms with van der Waals surface area (Å²) in [5, 5.41) is 9.02. The predicted octanol–water partition coefficient (Wildman–Crippen LogP) is -0.238. The van der Waals surface area contributed by atoms with Gasteiger partial charge in [-0.25, -0.2) is 5.43 Å². The highest BCUT2D eigenvalue weighted by Gasteiger charge is 2.42. The molecule has 1 aromatic rings. The number of carbonyl (C=O) groups is 1. The number of hydrogen-bond donors (Lipinski definition) is 3. The van der Waals surface area contributed by atoms with Crippen LogP contribution in [0.5, 0.6) is 5.75 Å². The number of rotatable bonds is 1. The summed E-state index contributed by atoms with van der Waals surface area (Å²) in [6.45, 7) is 0. The molecule has 72 valence electrons. The number of hydrogen-bond acceptors (Lipinski definition) is 3. The minimum absolute atomic E-state index is 0.0950. The van der Waals surface area contributed by atoms with Crippen molar-refractivity contribution in [2.75, 3.05) is 0 Å². The number of nitroso groups, excluding NO2 is 1. The van der Waals surface area contributed by atoms with Crippen LogP contribution < -0.4 is 11.0 Å². The number of aromatic hydroxyl groups is 1. The highest BCUT2D eigenvalue weighted by molar-refractivity contribution is 5.82. The van der Waals surface area contributed by atoms with Crippen molar-refractivity contribution in [3.8, 4) is 5.75 Å². The van der Waals surface area contributed by atoms with Crippen LogP contribution in [0.15, 0.2) is 24.3 Å². The van der Waals surface area contributed by atoms with E-state index in [9.17, 15) is 9.70 Å². The maximum atomic E-state index is 11.2. The van der Waals surface area contributed by atoms with Crippen molar-refractivity contribution in [1.29, 1.82) is 0 Å². The molecule has 0 saturated carbocycles. The summed E-state index contributed by atoms with van der Waals surface area (Å²) in [5.41, 5.74) is 4.87. The molecule has 6 heteroatoms. The van der Waals surface area contributed by atoms with Gasteiger partial charge in [0.15, 0.2) is 4.87 Å². The topological polar surface area (TPSA) is 81.4 Å². The van der Waals surface area contributed by atoms with Crippen LogP contribution in [0.4, 0.5) is 0 Å². The normalized spacial score (nSPS) is 20.4. The summed E-state index contributed by atoms with van der Waals surface area (Å²) >= 11 is 0. The van der Waals surface area contributed by atoms with E-state index in [0.29, 0.717) is 10.4 Å². The molecule has 1 amide bonds. The van der Waals surface area contributed by atoms with E-state index in [4.69, 9.17) is 5.11 Å². The predicted molar refractivity (Wildman–Crippen MR) is 45.8 cm³/mol. The fraction of sp³-hybridized carbons (Fsp3) is 0.125. The SMILES string of the molecule is O=C1NN[N+](=O)C1c1ccc(O)cc1. The van der Waals surface area contributed by atoms with Gasteiger partial charge in [-0.05, 0) is 24.3 Å². The summed E-state index contributed by atoms with van der Waals surface area (Å²) in [7, 11) is 0. The van der Waals surface area contributed by atoms with Gasteiger partial charge >= 0.3 is 11.9 Å². The minimum atomic E-state index is -0.893. The first-order chi connectivity index (χ1) is 6.68. The molecule has 1 atom stereocenters. The summed E-state index contributed by atoms with van der Waals surface area (Å²) in [6, 6.07) is 5.01. The molecule has 14 heavy (non-hydrogen) atoms. The second-order valence-corrected chi connectivity index (χ2v) is 2.92. The zero-order valence-corrected chi connectivity index (χ0v) is 7.10. The molecule has 1 aliphatic heterocycles. The van der Waals surface area contributed by atoms with Gasteiger partial charge < -0.3 is 5.11 Å². The van der Waals surface area contributed by atoms with Gasteiger partial charge in [0.05, 0.1) is 4.91 Å². The molecule has 3 N–H and O–H groups in total. The van der Waals surface area contributed by atoms with Crippen LogP contribution in [0.25, 0.3) is 0 Å². The van der Waals surface area contributed by atoms with Gasteiger partial charge in [-0.3, -0.25) is 4.79 Å². The molecule has 1 aromatic carbocycles. The number of benzene rings is 1. The first-order valence-corrected chi connectivity index (χ1v) is 3.99. The van der Waals surface area contributed by atoms with Crippen LogP contribution >= 0.6 is 0 Å². The minimum Gasteiger partial charge on any atom is -0.508 e. The molecule has 1 heterocycles. The highest BCUT2D eigenvalue weighted by atomic mass is 16.3. The largest absolute Gasteiger partial charge is 0.508 e. The molecule has 1 aliphatic rings. The van der Waals surface area contributed by atoms with Gasteiger partial charge in [-0.2, -0.15) is 0 Å². The monoisotopic (exact) mass is 194 g/mol. The van der Waals surface area contributed by atoms with Gasteiger partial charge in [-0.1, -0.05) is 5.53 Å². The lowest BCUT2D eigenvalue weighted by atomic mass is 10.1. The van der Waals surface area contributed by atoms with Crippen molar-refractivity contribution in [3.63, 3.8) is 0 Å². The summed E-state index contributed by atoms with van der Waals surface area (Å²) in [5.74, 6) is -0.316. The quantitative estimate of drug-likeness (QED) is 0.539. The Morgan fingerprint density at radius 2 is 1.93 bits per heavy atom. The Hall–Kier alpha value is -2.11. The zero-order valence-electron chi connectivity index (χ0n) is 7.10. The van der Waals surface area contributed by atoms with Gasteiger partial charge in [0.25, 0.3) is 0 Å². The third-order valence-electron chi connectivity index (χ3n) is 1.98. The number of amides is 1. The molecule has 2 rings (SSSR count). The Labute approximate surface area is 79.1 Å². The van der Waals surface area contributed by atoms with Gasteiger partial charge in [0.2, 0.25) is 0 Å². The summed E-state index contributed by atoms with van der Waals surface area (Å²) in [6.07, 6.45) is 0. The molecule has 0 bridgehead atoms. The third-order valence-corrected chi connectivity index (χ3v) is 1.98. The number of carbonyl (C=O) groups excluding carboxylic acids is 1. The Bertz CT molecular complexity index is 371. The standard InChI is InChI=1S/C8H7N3O3/c12-6-3-1-5(2-4-6)7-8(13)9-10-11(7)14/h1-4,7H,(H2-,9,10,12,13,14)/p+1. The maximum absolute atomic E-state index is 11.2. The highest BCUT2D eigenvalue weighted by Crippen LogP contribution is 2.20. The van der Waals surface area contributed by atoms with Gasteiger partial charge in [0, 0.05) is 5.56 Å². The zero-order chi connectivity index (χ0) is 10.1. The van der Waals surface area contributed by atoms with E-state index in [-0.39, 0.29) is 5.75 Å². The first-order valence-electron chi connectivity index (χ1n) is 3.99. The average molecular weight is 194 g/mol. The average Bonchev–Trinajstić information content (AvgIpc) is 2.49. The molecule has 0 aromatic heterocycles. The van der Waals surface area contributed by atoms with E-state index in [1.807, 2.05) is 0 Å². The molecule has 1 fully saturated rings. The van der Waals surface area contributed by atoms with Crippen LogP contribution in [0.1, 0.15) is 11.6 Å². The lowest BCUT2D eigenvalue weighted by Crippen LogP contribution is -2.28. The Morgan fingerprint density at radius 3 is 2.43 bits per heavy atom. The van der Waals surface area contributed by atoms with Gasteiger partial charge in [0.1, 0.15) is 5.75 Å². The van der Waals surface area contributed by atoms with Gasteiger partial charge in [-0.15, -0.1) is 0 Å². The Balaban J connectivity index is 2.34. The van der Waals surface area contributed by atoms with Crippen molar-refractivity contribution < 1.29 is 14.8 Å². The molecular formula is C8H8N3O3+. The molecule has 1 saturated heterocycles. The number of phenols is 1. The lowest BCUT2D eigenvalue weighted by Gasteiger charge is -1.97. The second-order valence-electron chi connectivity index (χ2n) is 2.92. The van der Waals surface area contributed by atoms with Crippen molar-refractivity contribution in [2.24, 2.45) is 0 Å². The molecule has 1 unspecified atom stereocenters. The number of nitrogens with zero attached hydrogens (tertiary/aromatic N) is 1. The van der Waals surface area contributed by atoms with Crippen LogP contribution in [0.3, 0.4) is 0 Å². The van der Waals surface area contributed by atoms with E-state index >= 15 is 0 Å². The number of hydrazine groups is 2. The van der Waals surface area contributed by atoms with Crippen LogP contribution in [0.2, 0.25) is 0 Å². The molecular weight excluding hydrogens is 186 g/mol. The Morgan fingerprint density at radius 1 is 1.29 bits per heavy atom. The fourth-order valence-corrected chi connectivity index (χ4v) is 1.29. The molecule has 0 spiro atoms. The third kappa shape index (κ3) is 1.26. The van der Waals surface area contributed by atoms with Crippen LogP contribution in [-0.2, 0) is 4.79 Å². The van der Waals surface area contributed by atoms with E-state index in [1.54, 1.807) is 0 Å². The summed E-state index contributed by atoms with van der Waals surface area (Å²) < 4.78 is 0. The van der Waals surface area contributed by atoms with Crippen molar-refractivity contribution in [3.05, 3.63) is 34.7 Å². The van der Waals surface area contributed by atoms with E-state index in [2.05, 4.69) is 11.0 Å².